The third-order valence-corrected chi connectivity index (χ3v) is 6.43. The molecule has 0 radical (unpaired) electrons. The summed E-state index contributed by atoms with van der Waals surface area (Å²) in [5.41, 5.74) is 4.31. The summed E-state index contributed by atoms with van der Waals surface area (Å²) in [4.78, 5) is 26.0. The number of aryl methyl sites for hydroxylation is 4. The summed E-state index contributed by atoms with van der Waals surface area (Å²) in [7, 11) is -4.21. The van der Waals surface area contributed by atoms with Crippen molar-refractivity contribution in [3.63, 3.8) is 0 Å². The van der Waals surface area contributed by atoms with Crippen LogP contribution in [-0.4, -0.2) is 29.3 Å². The Hall–Kier alpha value is -4.11. The van der Waals surface area contributed by atoms with Crippen LogP contribution in [0.1, 0.15) is 32.7 Å². The van der Waals surface area contributed by atoms with Gasteiger partial charge in [0, 0.05) is 11.9 Å². The molecule has 0 aliphatic heterocycles. The molecule has 0 unspecified atom stereocenters. The molecule has 1 amide bonds. The van der Waals surface area contributed by atoms with E-state index in [9.17, 15) is 13.2 Å². The number of nitrogens with zero attached hydrogens (tertiary/aromatic N) is 3. The Balaban J connectivity index is 1.76. The summed E-state index contributed by atoms with van der Waals surface area (Å²) >= 11 is 0. The Morgan fingerprint density at radius 1 is 0.857 bits per heavy atom. The van der Waals surface area contributed by atoms with E-state index in [1.54, 1.807) is 43.5 Å². The number of benzene rings is 1. The molecule has 3 heterocycles. The number of hydrogen-bond acceptors (Lipinski definition) is 7. The molecule has 4 aromatic rings. The monoisotopic (exact) mass is 488 g/mol. The van der Waals surface area contributed by atoms with Crippen molar-refractivity contribution in [3.8, 4) is 23.0 Å². The fourth-order valence-electron chi connectivity index (χ4n) is 3.67. The van der Waals surface area contributed by atoms with E-state index < -0.39 is 15.9 Å². The van der Waals surface area contributed by atoms with Crippen molar-refractivity contribution in [1.29, 1.82) is 0 Å². The fourth-order valence-corrected chi connectivity index (χ4v) is 4.65. The van der Waals surface area contributed by atoms with E-state index in [0.717, 1.165) is 16.7 Å². The summed E-state index contributed by atoms with van der Waals surface area (Å²) in [5.74, 6) is -0.377. The third-order valence-electron chi connectivity index (χ3n) is 5.20. The Bertz CT molecular complexity index is 1500. The lowest BCUT2D eigenvalue weighted by atomic mass is 10.1. The quantitative estimate of drug-likeness (QED) is 0.419. The first-order valence-corrected chi connectivity index (χ1v) is 12.3. The lowest BCUT2D eigenvalue weighted by Crippen LogP contribution is -2.31. The molecule has 0 atom stereocenters. The number of nitrogens with one attached hydrogen (secondary N) is 1. The largest absolute Gasteiger partial charge is 0.438 e. The topological polar surface area (TPSA) is 111 Å². The standard InChI is InChI=1S/C26H24N4O4S/c1-16-14-17(2)24(18(3)15-16)34-26-20(11-12-22(29-26)21-9-5-6-13-27-21)25(31)30-35(32,33)23-10-7-8-19(4)28-23/h5-15H,1-4H3,(H,30,31). The smallest absolute Gasteiger partial charge is 0.281 e. The molecule has 0 fully saturated rings. The van der Waals surface area contributed by atoms with Crippen LogP contribution in [0.3, 0.4) is 0 Å². The van der Waals surface area contributed by atoms with Gasteiger partial charge in [0.05, 0.1) is 11.4 Å². The number of aromatic nitrogens is 3. The van der Waals surface area contributed by atoms with Crippen LogP contribution in [0.4, 0.5) is 0 Å². The van der Waals surface area contributed by atoms with Crippen LogP contribution in [0.2, 0.25) is 0 Å². The molecule has 4 rings (SSSR count). The fraction of sp³-hybridized carbons (Fsp3) is 0.154. The van der Waals surface area contributed by atoms with Crippen molar-refractivity contribution in [3.05, 3.63) is 94.8 Å². The van der Waals surface area contributed by atoms with Gasteiger partial charge in [-0.05, 0) is 75.2 Å². The van der Waals surface area contributed by atoms with Crippen LogP contribution in [0, 0.1) is 27.7 Å². The molecule has 3 aromatic heterocycles. The van der Waals surface area contributed by atoms with Gasteiger partial charge in [-0.2, -0.15) is 8.42 Å². The molecule has 9 heteroatoms. The molecule has 1 N–H and O–H groups in total. The Labute approximate surface area is 204 Å². The lowest BCUT2D eigenvalue weighted by molar-refractivity contribution is 0.0978. The van der Waals surface area contributed by atoms with Gasteiger partial charge in [0.2, 0.25) is 5.88 Å². The van der Waals surface area contributed by atoms with Crippen molar-refractivity contribution in [2.24, 2.45) is 0 Å². The van der Waals surface area contributed by atoms with E-state index in [0.29, 0.717) is 22.8 Å². The molecular formula is C26H24N4O4S. The van der Waals surface area contributed by atoms with Crippen LogP contribution >= 0.6 is 0 Å². The van der Waals surface area contributed by atoms with Gasteiger partial charge >= 0.3 is 0 Å². The zero-order valence-electron chi connectivity index (χ0n) is 19.7. The van der Waals surface area contributed by atoms with Gasteiger partial charge in [-0.15, -0.1) is 0 Å². The average molecular weight is 489 g/mol. The van der Waals surface area contributed by atoms with E-state index in [1.807, 2.05) is 39.0 Å². The van der Waals surface area contributed by atoms with Crippen molar-refractivity contribution >= 4 is 15.9 Å². The Morgan fingerprint density at radius 3 is 2.26 bits per heavy atom. The molecule has 178 valence electrons. The van der Waals surface area contributed by atoms with Gasteiger partial charge in [-0.3, -0.25) is 9.78 Å². The van der Waals surface area contributed by atoms with Gasteiger partial charge in [0.25, 0.3) is 15.9 Å². The molecule has 0 bridgehead atoms. The summed E-state index contributed by atoms with van der Waals surface area (Å²) < 4.78 is 33.8. The predicted octanol–water partition coefficient (Wildman–Crippen LogP) is 4.68. The highest BCUT2D eigenvalue weighted by molar-refractivity contribution is 7.90. The zero-order valence-corrected chi connectivity index (χ0v) is 20.6. The summed E-state index contributed by atoms with van der Waals surface area (Å²) in [6.07, 6.45) is 1.63. The molecule has 35 heavy (non-hydrogen) atoms. The SMILES string of the molecule is Cc1cc(C)c(Oc2nc(-c3ccccn3)ccc2C(=O)NS(=O)(=O)c2cccc(C)n2)c(C)c1. The maximum absolute atomic E-state index is 13.1. The number of hydrogen-bond donors (Lipinski definition) is 1. The minimum absolute atomic E-state index is 0.0342. The van der Waals surface area contributed by atoms with E-state index in [4.69, 9.17) is 4.74 Å². The number of ether oxygens (including phenoxy) is 1. The predicted molar refractivity (Wildman–Crippen MR) is 132 cm³/mol. The Kier molecular flexibility index (Phi) is 6.61. The summed E-state index contributed by atoms with van der Waals surface area (Å²) in [6.45, 7) is 7.43. The highest BCUT2D eigenvalue weighted by atomic mass is 32.2. The molecule has 0 aliphatic carbocycles. The highest BCUT2D eigenvalue weighted by Gasteiger charge is 2.24. The number of sulfonamides is 1. The molecule has 8 nitrogen and oxygen atoms in total. The van der Waals surface area contributed by atoms with E-state index >= 15 is 0 Å². The molecule has 0 spiro atoms. The van der Waals surface area contributed by atoms with Crippen LogP contribution in [0.15, 0.2) is 71.9 Å². The highest BCUT2D eigenvalue weighted by Crippen LogP contribution is 2.32. The summed E-state index contributed by atoms with van der Waals surface area (Å²) in [6, 6.07) is 16.9. The van der Waals surface area contributed by atoms with Crippen molar-refractivity contribution in [2.45, 2.75) is 32.7 Å². The minimum atomic E-state index is -4.21. The van der Waals surface area contributed by atoms with E-state index in [1.165, 1.54) is 12.1 Å². The maximum Gasteiger partial charge on any atom is 0.281 e. The van der Waals surface area contributed by atoms with E-state index in [2.05, 4.69) is 19.7 Å². The first-order valence-electron chi connectivity index (χ1n) is 10.8. The third kappa shape index (κ3) is 5.36. The normalized spacial score (nSPS) is 11.2. The number of pyridine rings is 3. The van der Waals surface area contributed by atoms with Crippen molar-refractivity contribution < 1.29 is 17.9 Å². The van der Waals surface area contributed by atoms with Gasteiger partial charge in [-0.25, -0.2) is 14.7 Å². The molecule has 0 aliphatic rings. The van der Waals surface area contributed by atoms with E-state index in [-0.39, 0.29) is 16.5 Å². The summed E-state index contributed by atoms with van der Waals surface area (Å²) in [5, 5.41) is -0.253. The lowest BCUT2D eigenvalue weighted by Gasteiger charge is -2.16. The number of carbonyl (C=O) groups excluding carboxylic acids is 1. The average Bonchev–Trinajstić information content (AvgIpc) is 2.81. The van der Waals surface area contributed by atoms with Crippen LogP contribution in [0.25, 0.3) is 11.4 Å². The number of amides is 1. The number of rotatable bonds is 6. The Morgan fingerprint density at radius 2 is 1.60 bits per heavy atom. The molecule has 0 saturated carbocycles. The second kappa shape index (κ2) is 9.63. The van der Waals surface area contributed by atoms with Crippen LogP contribution < -0.4 is 9.46 Å². The minimum Gasteiger partial charge on any atom is -0.438 e. The van der Waals surface area contributed by atoms with Crippen molar-refractivity contribution in [1.82, 2.24) is 19.7 Å². The first-order chi connectivity index (χ1) is 16.6. The van der Waals surface area contributed by atoms with Gasteiger partial charge < -0.3 is 4.74 Å². The zero-order chi connectivity index (χ0) is 25.2. The van der Waals surface area contributed by atoms with Gasteiger partial charge in [0.1, 0.15) is 11.3 Å². The second-order valence-corrected chi connectivity index (χ2v) is 9.78. The molecule has 1 aromatic carbocycles. The number of carbonyl (C=O) groups is 1. The van der Waals surface area contributed by atoms with Crippen LogP contribution in [-0.2, 0) is 10.0 Å². The maximum atomic E-state index is 13.1. The first kappa shape index (κ1) is 24.0. The van der Waals surface area contributed by atoms with Crippen molar-refractivity contribution in [2.75, 3.05) is 0 Å². The van der Waals surface area contributed by atoms with Gasteiger partial charge in [-0.1, -0.05) is 29.8 Å². The second-order valence-electron chi connectivity index (χ2n) is 8.15. The van der Waals surface area contributed by atoms with Gasteiger partial charge in [0.15, 0.2) is 5.03 Å². The van der Waals surface area contributed by atoms with Crippen LogP contribution in [0.5, 0.6) is 11.6 Å². The molecular weight excluding hydrogens is 464 g/mol. The molecule has 0 saturated heterocycles.